The molecule has 0 spiro atoms. The van der Waals surface area contributed by atoms with Crippen LogP contribution in [0, 0.1) is 0 Å². The monoisotopic (exact) mass is 262 g/mol. The van der Waals surface area contributed by atoms with Crippen LogP contribution in [-0.2, 0) is 17.8 Å². The normalized spacial score (nSPS) is 23.4. The zero-order valence-corrected chi connectivity index (χ0v) is 11.6. The number of piperazine rings is 1. The Hall–Kier alpha value is -1.39. The summed E-state index contributed by atoms with van der Waals surface area (Å²) in [6.07, 6.45) is 0.431. The van der Waals surface area contributed by atoms with Gasteiger partial charge in [-0.3, -0.25) is 4.79 Å². The van der Waals surface area contributed by atoms with E-state index in [1.54, 1.807) is 0 Å². The van der Waals surface area contributed by atoms with Crippen molar-refractivity contribution in [2.24, 2.45) is 0 Å². The minimum absolute atomic E-state index is 0.0418. The van der Waals surface area contributed by atoms with Gasteiger partial charge in [-0.25, -0.2) is 0 Å². The number of carbonyl (C=O) groups is 1. The molecule has 1 aliphatic heterocycles. The number of carbonyl (C=O) groups excluding carboxylic acids is 1. The number of nitrogens with zero attached hydrogens (tertiary/aromatic N) is 1. The summed E-state index contributed by atoms with van der Waals surface area (Å²) in [6, 6.07) is 8.06. The zero-order chi connectivity index (χ0) is 13.8. The Morgan fingerprint density at radius 2 is 1.74 bits per heavy atom. The molecular weight excluding hydrogens is 240 g/mol. The number of rotatable bonds is 3. The van der Waals surface area contributed by atoms with Crippen molar-refractivity contribution in [1.82, 2.24) is 10.2 Å². The van der Waals surface area contributed by atoms with E-state index in [-0.39, 0.29) is 24.6 Å². The van der Waals surface area contributed by atoms with Crippen molar-refractivity contribution in [3.05, 3.63) is 35.4 Å². The molecular formula is C15H22N2O2. The van der Waals surface area contributed by atoms with Crippen LogP contribution in [0.4, 0.5) is 0 Å². The summed E-state index contributed by atoms with van der Waals surface area (Å²) in [4.78, 5) is 14.4. The van der Waals surface area contributed by atoms with E-state index in [2.05, 4.69) is 19.2 Å². The Balaban J connectivity index is 2.02. The van der Waals surface area contributed by atoms with Crippen molar-refractivity contribution in [3.8, 4) is 0 Å². The van der Waals surface area contributed by atoms with Crippen molar-refractivity contribution in [2.45, 2.75) is 39.0 Å². The lowest BCUT2D eigenvalue weighted by molar-refractivity contribution is -0.135. The van der Waals surface area contributed by atoms with E-state index in [4.69, 9.17) is 5.11 Å². The predicted octanol–water partition coefficient (Wildman–Crippen LogP) is 0.930. The van der Waals surface area contributed by atoms with Crippen LogP contribution in [0.2, 0.25) is 0 Å². The maximum atomic E-state index is 12.4. The first-order chi connectivity index (χ1) is 9.11. The lowest BCUT2D eigenvalue weighted by Gasteiger charge is -2.39. The van der Waals surface area contributed by atoms with Gasteiger partial charge in [0, 0.05) is 25.2 Å². The summed E-state index contributed by atoms with van der Waals surface area (Å²) in [7, 11) is 0. The topological polar surface area (TPSA) is 52.6 Å². The first-order valence-electron chi connectivity index (χ1n) is 6.82. The maximum Gasteiger partial charge on any atom is 0.227 e. The van der Waals surface area contributed by atoms with E-state index >= 15 is 0 Å². The Labute approximate surface area is 114 Å². The number of hydrogen-bond acceptors (Lipinski definition) is 3. The molecule has 19 heavy (non-hydrogen) atoms. The van der Waals surface area contributed by atoms with Gasteiger partial charge in [0.25, 0.3) is 0 Å². The molecule has 1 saturated heterocycles. The summed E-state index contributed by atoms with van der Waals surface area (Å²) < 4.78 is 0. The van der Waals surface area contributed by atoms with Crippen molar-refractivity contribution in [2.75, 3.05) is 13.1 Å². The third-order valence-corrected chi connectivity index (χ3v) is 3.68. The third kappa shape index (κ3) is 3.33. The molecule has 1 aromatic carbocycles. The summed E-state index contributed by atoms with van der Waals surface area (Å²) >= 11 is 0. The van der Waals surface area contributed by atoms with Crippen LogP contribution in [0.25, 0.3) is 0 Å². The number of aliphatic hydroxyl groups is 1. The number of hydrogen-bond donors (Lipinski definition) is 2. The fraction of sp³-hybridized carbons (Fsp3) is 0.533. The van der Waals surface area contributed by atoms with E-state index in [0.29, 0.717) is 6.42 Å². The van der Waals surface area contributed by atoms with E-state index in [1.165, 1.54) is 0 Å². The van der Waals surface area contributed by atoms with Crippen molar-refractivity contribution in [3.63, 3.8) is 0 Å². The second-order valence-electron chi connectivity index (χ2n) is 5.31. The van der Waals surface area contributed by atoms with Gasteiger partial charge in [0.15, 0.2) is 0 Å². The van der Waals surface area contributed by atoms with Crippen LogP contribution < -0.4 is 5.32 Å². The third-order valence-electron chi connectivity index (χ3n) is 3.68. The molecule has 0 unspecified atom stereocenters. The molecule has 4 heteroatoms. The summed E-state index contributed by atoms with van der Waals surface area (Å²) in [5, 5.41) is 12.3. The molecule has 0 aliphatic carbocycles. The highest BCUT2D eigenvalue weighted by Gasteiger charge is 2.28. The molecule has 4 nitrogen and oxygen atoms in total. The fourth-order valence-electron chi connectivity index (χ4n) is 2.65. The molecule has 104 valence electrons. The van der Waals surface area contributed by atoms with Crippen molar-refractivity contribution >= 4 is 5.91 Å². The largest absolute Gasteiger partial charge is 0.392 e. The zero-order valence-electron chi connectivity index (χ0n) is 11.6. The molecule has 1 heterocycles. The van der Waals surface area contributed by atoms with Gasteiger partial charge < -0.3 is 15.3 Å². The van der Waals surface area contributed by atoms with Gasteiger partial charge in [-0.05, 0) is 25.0 Å². The molecule has 1 amide bonds. The van der Waals surface area contributed by atoms with Crippen molar-refractivity contribution < 1.29 is 9.90 Å². The van der Waals surface area contributed by atoms with Crippen LogP contribution in [-0.4, -0.2) is 41.1 Å². The lowest BCUT2D eigenvalue weighted by Crippen LogP contribution is -2.57. The van der Waals surface area contributed by atoms with Crippen molar-refractivity contribution in [1.29, 1.82) is 0 Å². The number of nitrogens with one attached hydrogen (secondary N) is 1. The molecule has 2 rings (SSSR count). The van der Waals surface area contributed by atoms with Crippen LogP contribution in [0.5, 0.6) is 0 Å². The fourth-order valence-corrected chi connectivity index (χ4v) is 2.65. The Kier molecular flexibility index (Phi) is 4.56. The van der Waals surface area contributed by atoms with Crippen LogP contribution in [0.15, 0.2) is 24.3 Å². The van der Waals surface area contributed by atoms with Gasteiger partial charge in [0.05, 0.1) is 13.0 Å². The number of aliphatic hydroxyl groups excluding tert-OH is 1. The average molecular weight is 262 g/mol. The highest BCUT2D eigenvalue weighted by atomic mass is 16.3. The quantitative estimate of drug-likeness (QED) is 0.852. The van der Waals surface area contributed by atoms with Gasteiger partial charge >= 0.3 is 0 Å². The van der Waals surface area contributed by atoms with Gasteiger partial charge in [-0.2, -0.15) is 0 Å². The molecule has 2 atom stereocenters. The molecule has 2 N–H and O–H groups in total. The van der Waals surface area contributed by atoms with Gasteiger partial charge in [-0.1, -0.05) is 24.3 Å². The molecule has 0 radical (unpaired) electrons. The lowest BCUT2D eigenvalue weighted by atomic mass is 10.1. The standard InChI is InChI=1S/C15H22N2O2/c1-11-8-16-9-12(2)17(11)15(19)7-13-3-5-14(10-18)6-4-13/h3-6,11-12,16,18H,7-10H2,1-2H3/t11-,12+. The SMILES string of the molecule is C[C@@H]1CNC[C@H](C)N1C(=O)Cc1ccc(CO)cc1. The van der Waals surface area contributed by atoms with E-state index in [1.807, 2.05) is 29.2 Å². The Morgan fingerprint density at radius 3 is 2.26 bits per heavy atom. The highest BCUT2D eigenvalue weighted by Crippen LogP contribution is 2.13. The molecule has 0 bridgehead atoms. The van der Waals surface area contributed by atoms with Gasteiger partial charge in [0.2, 0.25) is 5.91 Å². The first kappa shape index (κ1) is 14.0. The molecule has 0 aromatic heterocycles. The predicted molar refractivity (Wildman–Crippen MR) is 74.7 cm³/mol. The molecule has 1 aliphatic rings. The maximum absolute atomic E-state index is 12.4. The Morgan fingerprint density at radius 1 is 1.21 bits per heavy atom. The molecule has 1 fully saturated rings. The van der Waals surface area contributed by atoms with E-state index < -0.39 is 0 Å². The minimum Gasteiger partial charge on any atom is -0.392 e. The second-order valence-corrected chi connectivity index (χ2v) is 5.31. The minimum atomic E-state index is 0.0418. The average Bonchev–Trinajstić information content (AvgIpc) is 2.39. The second kappa shape index (κ2) is 6.17. The molecule has 0 saturated carbocycles. The summed E-state index contributed by atoms with van der Waals surface area (Å²) in [6.45, 7) is 5.92. The smallest absolute Gasteiger partial charge is 0.227 e. The molecule has 1 aromatic rings. The number of amides is 1. The van der Waals surface area contributed by atoms with Gasteiger partial charge in [0.1, 0.15) is 0 Å². The van der Waals surface area contributed by atoms with E-state index in [0.717, 1.165) is 24.2 Å². The summed E-state index contributed by atoms with van der Waals surface area (Å²) in [5.74, 6) is 0.179. The highest BCUT2D eigenvalue weighted by molar-refractivity contribution is 5.79. The summed E-state index contributed by atoms with van der Waals surface area (Å²) in [5.41, 5.74) is 1.88. The van der Waals surface area contributed by atoms with Crippen LogP contribution >= 0.6 is 0 Å². The van der Waals surface area contributed by atoms with Crippen LogP contribution in [0.3, 0.4) is 0 Å². The van der Waals surface area contributed by atoms with Crippen LogP contribution in [0.1, 0.15) is 25.0 Å². The van der Waals surface area contributed by atoms with E-state index in [9.17, 15) is 4.79 Å². The van der Waals surface area contributed by atoms with Gasteiger partial charge in [-0.15, -0.1) is 0 Å². The number of benzene rings is 1. The Bertz CT molecular complexity index is 420. The first-order valence-corrected chi connectivity index (χ1v) is 6.82.